The highest BCUT2D eigenvalue weighted by atomic mass is 15.1. The Kier molecular flexibility index (Phi) is 1.30. The van der Waals surface area contributed by atoms with Gasteiger partial charge in [0.2, 0.25) is 0 Å². The highest BCUT2D eigenvalue weighted by Gasteiger charge is 2.25. The van der Waals surface area contributed by atoms with Gasteiger partial charge >= 0.3 is 0 Å². The molecule has 64 valence electrons. The third-order valence-corrected chi connectivity index (χ3v) is 2.71. The van der Waals surface area contributed by atoms with E-state index in [4.69, 9.17) is 0 Å². The minimum Gasteiger partial charge on any atom is -0.330 e. The number of fused-ring (bicyclic) bond motifs is 1. The Morgan fingerprint density at radius 1 is 1.31 bits per heavy atom. The monoisotopic (exact) mass is 170 g/mol. The summed E-state index contributed by atoms with van der Waals surface area (Å²) in [6.07, 6.45) is 6.90. The van der Waals surface area contributed by atoms with E-state index in [0.717, 1.165) is 6.42 Å². The molecule has 0 fully saturated rings. The summed E-state index contributed by atoms with van der Waals surface area (Å²) in [5.74, 6) is 0. The quantitative estimate of drug-likeness (QED) is 0.640. The Bertz CT molecular complexity index is 417. The molecule has 0 bridgehead atoms. The zero-order valence-electron chi connectivity index (χ0n) is 7.22. The van der Waals surface area contributed by atoms with Crippen molar-refractivity contribution in [3.63, 3.8) is 0 Å². The van der Waals surface area contributed by atoms with Crippen molar-refractivity contribution in [2.45, 2.75) is 12.5 Å². The molecule has 0 saturated carbocycles. The van der Waals surface area contributed by atoms with Crippen molar-refractivity contribution >= 4 is 0 Å². The van der Waals surface area contributed by atoms with E-state index in [1.807, 2.05) is 18.7 Å². The SMILES string of the molecule is c1ccc2c(c1)CC2n1ccnc1. The Morgan fingerprint density at radius 3 is 3.00 bits per heavy atom. The largest absolute Gasteiger partial charge is 0.330 e. The normalized spacial score (nSPS) is 19.2. The maximum absolute atomic E-state index is 4.06. The summed E-state index contributed by atoms with van der Waals surface area (Å²) < 4.78 is 2.17. The molecule has 1 unspecified atom stereocenters. The molecular weight excluding hydrogens is 160 g/mol. The minimum atomic E-state index is 0.527. The zero-order valence-corrected chi connectivity index (χ0v) is 7.22. The fourth-order valence-corrected chi connectivity index (χ4v) is 1.95. The van der Waals surface area contributed by atoms with Gasteiger partial charge in [-0.2, -0.15) is 0 Å². The Morgan fingerprint density at radius 2 is 2.23 bits per heavy atom. The second-order valence-electron chi connectivity index (χ2n) is 3.43. The van der Waals surface area contributed by atoms with E-state index in [-0.39, 0.29) is 0 Å². The molecule has 2 heteroatoms. The molecule has 2 nitrogen and oxygen atoms in total. The zero-order chi connectivity index (χ0) is 8.67. The number of aromatic nitrogens is 2. The summed E-state index contributed by atoms with van der Waals surface area (Å²) in [6.45, 7) is 0. The third kappa shape index (κ3) is 0.917. The molecule has 1 aliphatic rings. The predicted molar refractivity (Wildman–Crippen MR) is 50.5 cm³/mol. The Hall–Kier alpha value is -1.57. The molecule has 1 aromatic carbocycles. The maximum Gasteiger partial charge on any atom is 0.0951 e. The van der Waals surface area contributed by atoms with Gasteiger partial charge in [-0.15, -0.1) is 0 Å². The first-order valence-corrected chi connectivity index (χ1v) is 4.50. The smallest absolute Gasteiger partial charge is 0.0951 e. The van der Waals surface area contributed by atoms with E-state index >= 15 is 0 Å². The predicted octanol–water partition coefficient (Wildman–Crippen LogP) is 2.03. The molecule has 1 aromatic heterocycles. The Balaban J connectivity index is 2.02. The molecule has 2 aromatic rings. The van der Waals surface area contributed by atoms with Gasteiger partial charge in [-0.1, -0.05) is 24.3 Å². The van der Waals surface area contributed by atoms with Crippen LogP contribution in [-0.4, -0.2) is 9.55 Å². The van der Waals surface area contributed by atoms with Crippen molar-refractivity contribution in [3.05, 3.63) is 54.1 Å². The van der Waals surface area contributed by atoms with Gasteiger partial charge < -0.3 is 4.57 Å². The summed E-state index contributed by atoms with van der Waals surface area (Å²) >= 11 is 0. The van der Waals surface area contributed by atoms with Crippen molar-refractivity contribution in [1.82, 2.24) is 9.55 Å². The van der Waals surface area contributed by atoms with Crippen LogP contribution in [0.1, 0.15) is 17.2 Å². The van der Waals surface area contributed by atoms with Crippen LogP contribution in [0.3, 0.4) is 0 Å². The van der Waals surface area contributed by atoms with Gasteiger partial charge in [0.05, 0.1) is 12.4 Å². The fraction of sp³-hybridized carbons (Fsp3) is 0.182. The van der Waals surface area contributed by atoms with Crippen molar-refractivity contribution in [1.29, 1.82) is 0 Å². The molecule has 1 aliphatic carbocycles. The fourth-order valence-electron chi connectivity index (χ4n) is 1.95. The molecule has 13 heavy (non-hydrogen) atoms. The summed E-state index contributed by atoms with van der Waals surface area (Å²) in [5.41, 5.74) is 2.92. The van der Waals surface area contributed by atoms with E-state index in [0.29, 0.717) is 6.04 Å². The van der Waals surface area contributed by atoms with Crippen LogP contribution in [0, 0.1) is 0 Å². The van der Waals surface area contributed by atoms with Gasteiger partial charge in [0.15, 0.2) is 0 Å². The molecule has 0 saturated heterocycles. The van der Waals surface area contributed by atoms with E-state index in [9.17, 15) is 0 Å². The van der Waals surface area contributed by atoms with Gasteiger partial charge in [-0.3, -0.25) is 0 Å². The van der Waals surface area contributed by atoms with Crippen LogP contribution < -0.4 is 0 Å². The number of hydrogen-bond donors (Lipinski definition) is 0. The highest BCUT2D eigenvalue weighted by molar-refractivity contribution is 5.39. The van der Waals surface area contributed by atoms with Gasteiger partial charge in [0, 0.05) is 12.4 Å². The lowest BCUT2D eigenvalue weighted by Gasteiger charge is -2.30. The molecule has 1 atom stereocenters. The van der Waals surface area contributed by atoms with Crippen molar-refractivity contribution in [3.8, 4) is 0 Å². The molecule has 0 amide bonds. The van der Waals surface area contributed by atoms with Crippen LogP contribution in [0.2, 0.25) is 0 Å². The standard InChI is InChI=1S/C11H10N2/c1-2-4-10-9(3-1)7-11(10)13-6-5-12-8-13/h1-6,8,11H,7H2. The van der Waals surface area contributed by atoms with Crippen LogP contribution in [0.4, 0.5) is 0 Å². The lowest BCUT2D eigenvalue weighted by Crippen LogP contribution is -2.22. The minimum absolute atomic E-state index is 0.527. The number of rotatable bonds is 1. The van der Waals surface area contributed by atoms with Crippen molar-refractivity contribution in [2.75, 3.05) is 0 Å². The van der Waals surface area contributed by atoms with E-state index in [1.54, 1.807) is 0 Å². The van der Waals surface area contributed by atoms with E-state index < -0.39 is 0 Å². The molecular formula is C11H10N2. The highest BCUT2D eigenvalue weighted by Crippen LogP contribution is 2.35. The van der Waals surface area contributed by atoms with Crippen molar-refractivity contribution < 1.29 is 0 Å². The average molecular weight is 170 g/mol. The summed E-state index contributed by atoms with van der Waals surface area (Å²) in [5, 5.41) is 0. The van der Waals surface area contributed by atoms with Gasteiger partial charge in [0.25, 0.3) is 0 Å². The summed E-state index contributed by atoms with van der Waals surface area (Å²) in [6, 6.07) is 9.12. The van der Waals surface area contributed by atoms with Crippen LogP contribution in [0.25, 0.3) is 0 Å². The molecule has 0 N–H and O–H groups in total. The lowest BCUT2D eigenvalue weighted by atomic mass is 9.83. The van der Waals surface area contributed by atoms with Gasteiger partial charge in [0.1, 0.15) is 0 Å². The van der Waals surface area contributed by atoms with E-state index in [2.05, 4.69) is 33.8 Å². The van der Waals surface area contributed by atoms with E-state index in [1.165, 1.54) is 11.1 Å². The molecule has 0 aliphatic heterocycles. The maximum atomic E-state index is 4.06. The van der Waals surface area contributed by atoms with Crippen LogP contribution in [-0.2, 0) is 6.42 Å². The van der Waals surface area contributed by atoms with Crippen LogP contribution in [0.15, 0.2) is 43.0 Å². The summed E-state index contributed by atoms with van der Waals surface area (Å²) in [4.78, 5) is 4.06. The first-order chi connectivity index (χ1) is 6.45. The summed E-state index contributed by atoms with van der Waals surface area (Å²) in [7, 11) is 0. The second-order valence-corrected chi connectivity index (χ2v) is 3.43. The topological polar surface area (TPSA) is 17.8 Å². The first-order valence-electron chi connectivity index (χ1n) is 4.50. The number of nitrogens with zero attached hydrogens (tertiary/aromatic N) is 2. The van der Waals surface area contributed by atoms with Crippen LogP contribution in [0.5, 0.6) is 0 Å². The molecule has 1 heterocycles. The second kappa shape index (κ2) is 2.46. The number of imidazole rings is 1. The van der Waals surface area contributed by atoms with Crippen molar-refractivity contribution in [2.24, 2.45) is 0 Å². The third-order valence-electron chi connectivity index (χ3n) is 2.71. The first kappa shape index (κ1) is 6.89. The molecule has 3 rings (SSSR count). The number of hydrogen-bond acceptors (Lipinski definition) is 1. The lowest BCUT2D eigenvalue weighted by molar-refractivity contribution is 0.521. The molecule has 0 radical (unpaired) electrons. The average Bonchev–Trinajstić information content (AvgIpc) is 2.60. The van der Waals surface area contributed by atoms with Gasteiger partial charge in [-0.05, 0) is 17.5 Å². The van der Waals surface area contributed by atoms with Crippen LogP contribution >= 0.6 is 0 Å². The number of benzene rings is 1. The molecule has 0 spiro atoms. The Labute approximate surface area is 76.9 Å². The van der Waals surface area contributed by atoms with Gasteiger partial charge in [-0.25, -0.2) is 4.98 Å².